The maximum absolute atomic E-state index is 13.2. The summed E-state index contributed by atoms with van der Waals surface area (Å²) in [6, 6.07) is 13.6. The number of carboxylic acids is 1. The molecule has 0 bridgehead atoms. The van der Waals surface area contributed by atoms with Gasteiger partial charge in [0.2, 0.25) is 0 Å². The second-order valence-electron chi connectivity index (χ2n) is 10.2. The Morgan fingerprint density at radius 3 is 2.51 bits per heavy atom. The minimum absolute atomic E-state index is 0.0782. The van der Waals surface area contributed by atoms with Crippen molar-refractivity contribution < 1.29 is 24.2 Å². The number of urea groups is 1. The molecule has 1 saturated carbocycles. The number of nitrogens with one attached hydrogen (secondary N) is 1. The number of carbonyl (C=O) groups is 2. The van der Waals surface area contributed by atoms with Crippen LogP contribution in [0.15, 0.2) is 42.5 Å². The molecular weight excluding hydrogens is 468 g/mol. The highest BCUT2D eigenvalue weighted by Crippen LogP contribution is 2.28. The van der Waals surface area contributed by atoms with E-state index in [0.29, 0.717) is 37.8 Å². The Hall–Kier alpha value is -3.06. The van der Waals surface area contributed by atoms with E-state index in [1.54, 1.807) is 6.92 Å². The van der Waals surface area contributed by atoms with Crippen molar-refractivity contribution in [2.45, 2.75) is 70.8 Å². The quantitative estimate of drug-likeness (QED) is 0.362. The van der Waals surface area contributed by atoms with Crippen LogP contribution in [0.5, 0.6) is 5.75 Å². The van der Waals surface area contributed by atoms with Crippen LogP contribution in [0.4, 0.5) is 10.5 Å². The fraction of sp³-hybridized carbons (Fsp3) is 0.533. The molecule has 1 atom stereocenters. The summed E-state index contributed by atoms with van der Waals surface area (Å²) in [7, 11) is 0. The molecular formula is C30H40N2O5. The van der Waals surface area contributed by atoms with Crippen molar-refractivity contribution in [3.8, 4) is 5.75 Å². The summed E-state index contributed by atoms with van der Waals surface area (Å²) in [5, 5.41) is 12.4. The molecule has 2 aromatic rings. The van der Waals surface area contributed by atoms with Gasteiger partial charge >= 0.3 is 12.0 Å². The molecule has 0 aromatic heterocycles. The number of aryl methyl sites for hydroxylation is 2. The van der Waals surface area contributed by atoms with Gasteiger partial charge in [-0.2, -0.15) is 0 Å². The zero-order valence-corrected chi connectivity index (χ0v) is 21.9. The third kappa shape index (κ3) is 7.96. The molecule has 2 aliphatic carbocycles. The van der Waals surface area contributed by atoms with Crippen molar-refractivity contribution in [1.29, 1.82) is 0 Å². The number of nitrogens with zero attached hydrogens (tertiary/aromatic N) is 1. The zero-order chi connectivity index (χ0) is 26.0. The molecule has 0 saturated heterocycles. The lowest BCUT2D eigenvalue weighted by molar-refractivity contribution is -0.149. The summed E-state index contributed by atoms with van der Waals surface area (Å²) in [5.41, 5.74) is 4.48. The maximum atomic E-state index is 13.2. The number of hydrogen-bond acceptors (Lipinski definition) is 4. The van der Waals surface area contributed by atoms with E-state index in [4.69, 9.17) is 9.47 Å². The third-order valence-corrected chi connectivity index (χ3v) is 7.54. The second kappa shape index (κ2) is 13.5. The van der Waals surface area contributed by atoms with E-state index in [0.717, 1.165) is 37.1 Å². The summed E-state index contributed by atoms with van der Waals surface area (Å²) in [4.78, 5) is 26.4. The van der Waals surface area contributed by atoms with Gasteiger partial charge in [-0.15, -0.1) is 0 Å². The number of amides is 2. The van der Waals surface area contributed by atoms with Gasteiger partial charge in [-0.05, 0) is 79.5 Å². The van der Waals surface area contributed by atoms with E-state index in [2.05, 4.69) is 17.4 Å². The number of fused-ring (bicyclic) bond motifs is 1. The van der Waals surface area contributed by atoms with Crippen molar-refractivity contribution in [3.63, 3.8) is 0 Å². The van der Waals surface area contributed by atoms with Crippen LogP contribution in [-0.2, 0) is 28.8 Å². The molecule has 0 spiro atoms. The predicted molar refractivity (Wildman–Crippen MR) is 144 cm³/mol. The summed E-state index contributed by atoms with van der Waals surface area (Å²) in [5.74, 6) is 0.440. The predicted octanol–water partition coefficient (Wildman–Crippen LogP) is 5.70. The molecule has 2 aromatic carbocycles. The number of rotatable bonds is 13. The first kappa shape index (κ1) is 27.0. The molecule has 2 amide bonds. The van der Waals surface area contributed by atoms with Crippen molar-refractivity contribution in [3.05, 3.63) is 59.2 Å². The van der Waals surface area contributed by atoms with Crippen LogP contribution in [0, 0.1) is 5.92 Å². The van der Waals surface area contributed by atoms with Crippen molar-refractivity contribution in [2.75, 3.05) is 31.6 Å². The van der Waals surface area contributed by atoms with Gasteiger partial charge in [0.1, 0.15) is 12.4 Å². The second-order valence-corrected chi connectivity index (χ2v) is 10.2. The minimum atomic E-state index is -0.960. The largest absolute Gasteiger partial charge is 0.492 e. The average Bonchev–Trinajstić information content (AvgIpc) is 3.58. The van der Waals surface area contributed by atoms with Gasteiger partial charge in [-0.25, -0.2) is 9.59 Å². The highest BCUT2D eigenvalue weighted by Gasteiger charge is 2.21. The van der Waals surface area contributed by atoms with Crippen molar-refractivity contribution in [1.82, 2.24) is 4.90 Å². The van der Waals surface area contributed by atoms with Crippen LogP contribution in [0.25, 0.3) is 0 Å². The highest BCUT2D eigenvalue weighted by atomic mass is 16.5. The van der Waals surface area contributed by atoms with Crippen molar-refractivity contribution >= 4 is 17.7 Å². The number of benzene rings is 2. The summed E-state index contributed by atoms with van der Waals surface area (Å²) < 4.78 is 11.3. The maximum Gasteiger partial charge on any atom is 0.333 e. The van der Waals surface area contributed by atoms with E-state index in [1.807, 2.05) is 35.2 Å². The molecule has 37 heavy (non-hydrogen) atoms. The van der Waals surface area contributed by atoms with E-state index >= 15 is 0 Å². The smallest absolute Gasteiger partial charge is 0.333 e. The van der Waals surface area contributed by atoms with Gasteiger partial charge in [0.25, 0.3) is 0 Å². The molecule has 0 aliphatic heterocycles. The Kier molecular flexibility index (Phi) is 9.83. The Bertz CT molecular complexity index is 1030. The number of aliphatic carboxylic acids is 1. The lowest BCUT2D eigenvalue weighted by Gasteiger charge is -2.25. The first-order valence-electron chi connectivity index (χ1n) is 13.8. The first-order valence-corrected chi connectivity index (χ1v) is 13.8. The molecule has 7 nitrogen and oxygen atoms in total. The summed E-state index contributed by atoms with van der Waals surface area (Å²) in [6.07, 6.45) is 8.98. The molecule has 7 heteroatoms. The Balaban J connectivity index is 1.31. The molecule has 1 unspecified atom stereocenters. The van der Waals surface area contributed by atoms with Crippen LogP contribution in [0.1, 0.15) is 62.1 Å². The molecule has 2 N–H and O–H groups in total. The lowest BCUT2D eigenvalue weighted by Crippen LogP contribution is -2.39. The van der Waals surface area contributed by atoms with Gasteiger partial charge in [0.05, 0.1) is 6.54 Å². The topological polar surface area (TPSA) is 88.1 Å². The molecule has 1 fully saturated rings. The average molecular weight is 509 g/mol. The van der Waals surface area contributed by atoms with E-state index in [1.165, 1.54) is 43.2 Å². The van der Waals surface area contributed by atoms with Gasteiger partial charge in [-0.3, -0.25) is 0 Å². The zero-order valence-electron chi connectivity index (χ0n) is 21.9. The first-order chi connectivity index (χ1) is 18.0. The number of anilines is 1. The standard InChI is InChI=1S/C30H40N2O5/c1-2-36-28(29(33)34)20-23-10-14-27(15-11-23)37-19-18-32(17-16-22-6-3-4-7-22)30(35)31-26-13-12-24-8-5-9-25(24)21-26/h10-15,21-22,28H,2-9,16-20H2,1H3,(H,31,35)(H,33,34). The molecule has 4 rings (SSSR count). The van der Waals surface area contributed by atoms with Gasteiger partial charge in [-0.1, -0.05) is 43.9 Å². The van der Waals surface area contributed by atoms with E-state index in [9.17, 15) is 14.7 Å². The molecule has 0 heterocycles. The molecule has 0 radical (unpaired) electrons. The number of carboxylic acid groups (broad SMARTS) is 1. The lowest BCUT2D eigenvalue weighted by atomic mass is 10.0. The Labute approximate surface area is 220 Å². The highest BCUT2D eigenvalue weighted by molar-refractivity contribution is 5.89. The molecule has 2 aliphatic rings. The van der Waals surface area contributed by atoms with Crippen LogP contribution >= 0.6 is 0 Å². The minimum Gasteiger partial charge on any atom is -0.492 e. The Morgan fingerprint density at radius 1 is 1.03 bits per heavy atom. The summed E-state index contributed by atoms with van der Waals surface area (Å²) >= 11 is 0. The monoisotopic (exact) mass is 508 g/mol. The number of carbonyl (C=O) groups excluding carboxylic acids is 1. The van der Waals surface area contributed by atoms with Crippen LogP contribution in [-0.4, -0.2) is 54.4 Å². The van der Waals surface area contributed by atoms with Crippen LogP contribution in [0.2, 0.25) is 0 Å². The number of hydrogen-bond donors (Lipinski definition) is 2. The number of ether oxygens (including phenoxy) is 2. The van der Waals surface area contributed by atoms with Gasteiger partial charge < -0.3 is 24.8 Å². The normalized spacial score (nSPS) is 15.8. The fourth-order valence-electron chi connectivity index (χ4n) is 5.43. The van der Waals surface area contributed by atoms with Crippen molar-refractivity contribution in [2.24, 2.45) is 5.92 Å². The fourth-order valence-corrected chi connectivity index (χ4v) is 5.43. The Morgan fingerprint density at radius 2 is 1.78 bits per heavy atom. The van der Waals surface area contributed by atoms with Gasteiger partial charge in [0.15, 0.2) is 6.10 Å². The third-order valence-electron chi connectivity index (χ3n) is 7.54. The van der Waals surface area contributed by atoms with E-state index in [-0.39, 0.29) is 6.03 Å². The van der Waals surface area contributed by atoms with Gasteiger partial charge in [0, 0.05) is 25.3 Å². The van der Waals surface area contributed by atoms with Crippen LogP contribution in [0.3, 0.4) is 0 Å². The molecule has 200 valence electrons. The summed E-state index contributed by atoms with van der Waals surface area (Å²) in [6.45, 7) is 3.75. The SMILES string of the molecule is CCOC(Cc1ccc(OCCN(CCC2CCCC2)C(=O)Nc2ccc3c(c2)CCC3)cc1)C(=O)O. The van der Waals surface area contributed by atoms with Crippen LogP contribution < -0.4 is 10.1 Å². The van der Waals surface area contributed by atoms with E-state index < -0.39 is 12.1 Å².